The lowest BCUT2D eigenvalue weighted by Crippen LogP contribution is -2.38. The van der Waals surface area contributed by atoms with Gasteiger partial charge in [0.2, 0.25) is 0 Å². The quantitative estimate of drug-likeness (QED) is 0.719. The third-order valence-electron chi connectivity index (χ3n) is 2.78. The number of anilines is 1. The number of nitrogens with one attached hydrogen (secondary N) is 2. The van der Waals surface area contributed by atoms with E-state index in [1.807, 2.05) is 0 Å². The number of aryl methyl sites for hydroxylation is 1. The maximum absolute atomic E-state index is 5.75. The number of methoxy groups -OCH3 is 1. The second kappa shape index (κ2) is 8.12. The average molecular weight is 280 g/mol. The molecule has 1 aromatic rings. The molecule has 0 spiro atoms. The fraction of sp³-hybridized carbons (Fsp3) is 0.625. The maximum Gasteiger partial charge on any atom is 0.142 e. The molecule has 0 aliphatic heterocycles. The molecule has 0 heterocycles. The molecule has 0 aliphatic rings. The summed E-state index contributed by atoms with van der Waals surface area (Å²) in [6.45, 7) is 11.5. The lowest BCUT2D eigenvalue weighted by molar-refractivity contribution is 0.146. The predicted octanol–water partition coefficient (Wildman–Crippen LogP) is 2.82. The standard InChI is InChI=1S/C16H28N2O2/c1-13-6-7-14(15(12-13)20-11-10-19-5)17-8-9-18-16(2,3)4/h6-7,12,17-18H,8-11H2,1-5H3. The van der Waals surface area contributed by atoms with Crippen LogP contribution >= 0.6 is 0 Å². The number of ether oxygens (including phenoxy) is 2. The van der Waals surface area contributed by atoms with Gasteiger partial charge < -0.3 is 20.1 Å². The lowest BCUT2D eigenvalue weighted by atomic mass is 10.1. The lowest BCUT2D eigenvalue weighted by Gasteiger charge is -2.21. The van der Waals surface area contributed by atoms with Crippen LogP contribution in [0.4, 0.5) is 5.69 Å². The first-order valence-corrected chi connectivity index (χ1v) is 7.13. The minimum Gasteiger partial charge on any atom is -0.489 e. The molecular formula is C16H28N2O2. The van der Waals surface area contributed by atoms with Gasteiger partial charge in [0.05, 0.1) is 12.3 Å². The number of hydrogen-bond acceptors (Lipinski definition) is 4. The molecule has 0 unspecified atom stereocenters. The highest BCUT2D eigenvalue weighted by Gasteiger charge is 2.08. The summed E-state index contributed by atoms with van der Waals surface area (Å²) in [6.07, 6.45) is 0. The molecule has 0 atom stereocenters. The summed E-state index contributed by atoms with van der Waals surface area (Å²) in [5, 5.41) is 6.86. The molecule has 0 amide bonds. The minimum absolute atomic E-state index is 0.146. The van der Waals surface area contributed by atoms with Crippen molar-refractivity contribution in [2.45, 2.75) is 33.2 Å². The molecule has 0 radical (unpaired) electrons. The highest BCUT2D eigenvalue weighted by Crippen LogP contribution is 2.25. The van der Waals surface area contributed by atoms with Gasteiger partial charge in [-0.3, -0.25) is 0 Å². The van der Waals surface area contributed by atoms with Crippen LogP contribution < -0.4 is 15.4 Å². The molecular weight excluding hydrogens is 252 g/mol. The van der Waals surface area contributed by atoms with Crippen molar-refractivity contribution < 1.29 is 9.47 Å². The molecule has 0 aliphatic carbocycles. The van der Waals surface area contributed by atoms with E-state index in [0.717, 1.165) is 24.5 Å². The molecule has 4 nitrogen and oxygen atoms in total. The summed E-state index contributed by atoms with van der Waals surface area (Å²) in [4.78, 5) is 0. The Kier molecular flexibility index (Phi) is 6.82. The molecule has 1 rings (SSSR count). The summed E-state index contributed by atoms with van der Waals surface area (Å²) < 4.78 is 10.8. The molecule has 4 heteroatoms. The molecule has 114 valence electrons. The zero-order valence-corrected chi connectivity index (χ0v) is 13.4. The first-order chi connectivity index (χ1) is 9.42. The summed E-state index contributed by atoms with van der Waals surface area (Å²) >= 11 is 0. The van der Waals surface area contributed by atoms with Crippen LogP contribution in [-0.4, -0.2) is 39.0 Å². The van der Waals surface area contributed by atoms with E-state index in [4.69, 9.17) is 9.47 Å². The van der Waals surface area contributed by atoms with Gasteiger partial charge in [0.1, 0.15) is 12.4 Å². The molecule has 20 heavy (non-hydrogen) atoms. The van der Waals surface area contributed by atoms with Crippen molar-refractivity contribution in [3.8, 4) is 5.75 Å². The van der Waals surface area contributed by atoms with Crippen molar-refractivity contribution in [3.63, 3.8) is 0 Å². The average Bonchev–Trinajstić information content (AvgIpc) is 2.36. The monoisotopic (exact) mass is 280 g/mol. The molecule has 0 aromatic heterocycles. The first-order valence-electron chi connectivity index (χ1n) is 7.13. The smallest absolute Gasteiger partial charge is 0.142 e. The molecule has 0 fully saturated rings. The number of rotatable bonds is 8. The van der Waals surface area contributed by atoms with Gasteiger partial charge in [-0.15, -0.1) is 0 Å². The highest BCUT2D eigenvalue weighted by molar-refractivity contribution is 5.57. The highest BCUT2D eigenvalue weighted by atomic mass is 16.5. The van der Waals surface area contributed by atoms with E-state index in [1.54, 1.807) is 7.11 Å². The van der Waals surface area contributed by atoms with Crippen LogP contribution in [0.1, 0.15) is 26.3 Å². The van der Waals surface area contributed by atoms with E-state index in [9.17, 15) is 0 Å². The van der Waals surface area contributed by atoms with E-state index < -0.39 is 0 Å². The van der Waals surface area contributed by atoms with Crippen LogP contribution in [0.2, 0.25) is 0 Å². The van der Waals surface area contributed by atoms with Crippen molar-refractivity contribution in [1.29, 1.82) is 0 Å². The van der Waals surface area contributed by atoms with Crippen LogP contribution in [-0.2, 0) is 4.74 Å². The first kappa shape index (κ1) is 16.8. The van der Waals surface area contributed by atoms with E-state index >= 15 is 0 Å². The Hall–Kier alpha value is -1.26. The third-order valence-corrected chi connectivity index (χ3v) is 2.78. The molecule has 0 saturated heterocycles. The van der Waals surface area contributed by atoms with E-state index in [1.165, 1.54) is 5.56 Å². The van der Waals surface area contributed by atoms with Crippen molar-refractivity contribution in [2.75, 3.05) is 38.7 Å². The Labute approximate surface area is 122 Å². The van der Waals surface area contributed by atoms with E-state index in [-0.39, 0.29) is 5.54 Å². The number of hydrogen-bond donors (Lipinski definition) is 2. The molecule has 0 saturated carbocycles. The summed E-state index contributed by atoms with van der Waals surface area (Å²) in [7, 11) is 1.68. The summed E-state index contributed by atoms with van der Waals surface area (Å²) in [6, 6.07) is 6.20. The topological polar surface area (TPSA) is 42.5 Å². The number of benzene rings is 1. The van der Waals surface area contributed by atoms with Crippen molar-refractivity contribution in [1.82, 2.24) is 5.32 Å². The second-order valence-corrected chi connectivity index (χ2v) is 5.94. The van der Waals surface area contributed by atoms with Gasteiger partial charge in [-0.25, -0.2) is 0 Å². The fourth-order valence-corrected chi connectivity index (χ4v) is 1.76. The Morgan fingerprint density at radius 3 is 2.50 bits per heavy atom. The Bertz CT molecular complexity index is 400. The van der Waals surface area contributed by atoms with Gasteiger partial charge in [0, 0.05) is 25.7 Å². The Morgan fingerprint density at radius 2 is 1.85 bits per heavy atom. The third kappa shape index (κ3) is 6.78. The molecule has 0 bridgehead atoms. The normalized spacial score (nSPS) is 11.4. The predicted molar refractivity (Wildman–Crippen MR) is 84.8 cm³/mol. The maximum atomic E-state index is 5.75. The minimum atomic E-state index is 0.146. The van der Waals surface area contributed by atoms with E-state index in [2.05, 4.69) is 56.5 Å². The largest absolute Gasteiger partial charge is 0.489 e. The summed E-state index contributed by atoms with van der Waals surface area (Å²) in [5.41, 5.74) is 2.37. The van der Waals surface area contributed by atoms with Gasteiger partial charge in [0.25, 0.3) is 0 Å². The van der Waals surface area contributed by atoms with Gasteiger partial charge in [-0.05, 0) is 45.4 Å². The van der Waals surface area contributed by atoms with Crippen LogP contribution in [0.3, 0.4) is 0 Å². The van der Waals surface area contributed by atoms with Gasteiger partial charge in [0.15, 0.2) is 0 Å². The zero-order chi connectivity index (χ0) is 15.0. The van der Waals surface area contributed by atoms with Crippen LogP contribution in [0.15, 0.2) is 18.2 Å². The SMILES string of the molecule is COCCOc1cc(C)ccc1NCCNC(C)(C)C. The zero-order valence-electron chi connectivity index (χ0n) is 13.4. The Balaban J connectivity index is 2.51. The van der Waals surface area contributed by atoms with Crippen molar-refractivity contribution in [3.05, 3.63) is 23.8 Å². The fourth-order valence-electron chi connectivity index (χ4n) is 1.76. The van der Waals surface area contributed by atoms with Crippen LogP contribution in [0.5, 0.6) is 5.75 Å². The van der Waals surface area contributed by atoms with Gasteiger partial charge in [-0.2, -0.15) is 0 Å². The van der Waals surface area contributed by atoms with Crippen LogP contribution in [0, 0.1) is 6.92 Å². The van der Waals surface area contributed by atoms with Gasteiger partial charge >= 0.3 is 0 Å². The summed E-state index contributed by atoms with van der Waals surface area (Å²) in [5.74, 6) is 0.887. The second-order valence-electron chi connectivity index (χ2n) is 5.94. The van der Waals surface area contributed by atoms with Crippen molar-refractivity contribution in [2.24, 2.45) is 0 Å². The molecule has 1 aromatic carbocycles. The molecule has 2 N–H and O–H groups in total. The van der Waals surface area contributed by atoms with Gasteiger partial charge in [-0.1, -0.05) is 6.07 Å². The van der Waals surface area contributed by atoms with Crippen LogP contribution in [0.25, 0.3) is 0 Å². The van der Waals surface area contributed by atoms with E-state index in [0.29, 0.717) is 13.2 Å². The van der Waals surface area contributed by atoms with Crippen molar-refractivity contribution >= 4 is 5.69 Å². The Morgan fingerprint density at radius 1 is 1.10 bits per heavy atom.